The number of carbonyl (C=O) groups excluding carboxylic acids is 1. The number of carbonyl (C=O) groups is 1. The number of hydrogen-bond acceptors (Lipinski definition) is 1. The minimum Gasteiger partial charge on any atom is -0.288 e. The standard InChI is InChI=1S/C16H12O/c1-2-15(13-9-5-3-6-10-13)16(17)14-11-7-4-8-12-14/h3-12H,1H2. The minimum absolute atomic E-state index is 0.0493. The topological polar surface area (TPSA) is 17.1 Å². The van der Waals surface area contributed by atoms with Crippen molar-refractivity contribution in [3.8, 4) is 0 Å². The van der Waals surface area contributed by atoms with E-state index in [1.54, 1.807) is 12.1 Å². The highest BCUT2D eigenvalue weighted by Gasteiger charge is 2.12. The molecule has 0 saturated carbocycles. The minimum atomic E-state index is -0.0493. The highest BCUT2D eigenvalue weighted by Crippen LogP contribution is 2.18. The third kappa shape index (κ3) is 2.41. The summed E-state index contributed by atoms with van der Waals surface area (Å²) in [6.45, 7) is 3.60. The van der Waals surface area contributed by atoms with Gasteiger partial charge in [0.2, 0.25) is 5.78 Å². The summed E-state index contributed by atoms with van der Waals surface area (Å²) in [7, 11) is 0. The van der Waals surface area contributed by atoms with Crippen LogP contribution in [0.15, 0.2) is 73.0 Å². The molecule has 0 aliphatic rings. The van der Waals surface area contributed by atoms with Crippen molar-refractivity contribution >= 4 is 11.4 Å². The molecule has 1 nitrogen and oxygen atoms in total. The van der Waals surface area contributed by atoms with E-state index >= 15 is 0 Å². The molecule has 0 radical (unpaired) electrons. The first-order valence-corrected chi connectivity index (χ1v) is 5.38. The SMILES string of the molecule is C=C=C(C(=O)c1ccccc1)c1ccccc1. The molecule has 0 fully saturated rings. The van der Waals surface area contributed by atoms with Gasteiger partial charge < -0.3 is 0 Å². The molecular formula is C16H12O. The van der Waals surface area contributed by atoms with Gasteiger partial charge >= 0.3 is 0 Å². The smallest absolute Gasteiger partial charge is 0.201 e. The molecular weight excluding hydrogens is 208 g/mol. The molecule has 17 heavy (non-hydrogen) atoms. The molecule has 0 unspecified atom stereocenters. The first kappa shape index (κ1) is 11.1. The molecule has 0 saturated heterocycles. The Bertz CT molecular complexity index is 561. The van der Waals surface area contributed by atoms with Gasteiger partial charge in [0.15, 0.2) is 0 Å². The van der Waals surface area contributed by atoms with Crippen molar-refractivity contribution in [1.82, 2.24) is 0 Å². The van der Waals surface area contributed by atoms with Gasteiger partial charge in [-0.25, -0.2) is 0 Å². The molecule has 0 aliphatic heterocycles. The van der Waals surface area contributed by atoms with Gasteiger partial charge in [-0.1, -0.05) is 67.2 Å². The van der Waals surface area contributed by atoms with Crippen LogP contribution in [0.1, 0.15) is 15.9 Å². The van der Waals surface area contributed by atoms with Crippen LogP contribution in [-0.4, -0.2) is 5.78 Å². The molecule has 0 aromatic heterocycles. The van der Waals surface area contributed by atoms with E-state index in [-0.39, 0.29) is 5.78 Å². The second kappa shape index (κ2) is 5.11. The summed E-state index contributed by atoms with van der Waals surface area (Å²) >= 11 is 0. The van der Waals surface area contributed by atoms with E-state index in [1.165, 1.54) is 0 Å². The maximum atomic E-state index is 12.2. The van der Waals surface area contributed by atoms with Gasteiger partial charge in [-0.05, 0) is 5.56 Å². The normalized spacial score (nSPS) is 9.41. The van der Waals surface area contributed by atoms with Crippen molar-refractivity contribution < 1.29 is 4.79 Å². The second-order valence-electron chi connectivity index (χ2n) is 3.61. The molecule has 0 atom stereocenters. The Kier molecular flexibility index (Phi) is 3.34. The van der Waals surface area contributed by atoms with E-state index in [1.807, 2.05) is 48.5 Å². The van der Waals surface area contributed by atoms with Gasteiger partial charge in [0.05, 0.1) is 5.57 Å². The van der Waals surface area contributed by atoms with Crippen LogP contribution in [0.25, 0.3) is 5.57 Å². The summed E-state index contributed by atoms with van der Waals surface area (Å²) in [6, 6.07) is 18.6. The Labute approximate surface area is 101 Å². The lowest BCUT2D eigenvalue weighted by molar-refractivity contribution is 0.105. The fourth-order valence-corrected chi connectivity index (χ4v) is 1.65. The maximum Gasteiger partial charge on any atom is 0.201 e. The molecule has 0 amide bonds. The van der Waals surface area contributed by atoms with E-state index in [9.17, 15) is 4.79 Å². The fraction of sp³-hybridized carbons (Fsp3) is 0. The zero-order valence-electron chi connectivity index (χ0n) is 9.39. The molecule has 0 heterocycles. The number of allylic oxidation sites excluding steroid dienone is 1. The van der Waals surface area contributed by atoms with Crippen LogP contribution in [0.5, 0.6) is 0 Å². The van der Waals surface area contributed by atoms with Crippen LogP contribution in [0, 0.1) is 0 Å². The zero-order valence-corrected chi connectivity index (χ0v) is 9.39. The first-order chi connectivity index (χ1) is 8.33. The van der Waals surface area contributed by atoms with E-state index in [0.29, 0.717) is 11.1 Å². The first-order valence-electron chi connectivity index (χ1n) is 5.38. The molecule has 0 bridgehead atoms. The van der Waals surface area contributed by atoms with Gasteiger partial charge in [-0.2, -0.15) is 0 Å². The third-order valence-corrected chi connectivity index (χ3v) is 2.50. The second-order valence-corrected chi connectivity index (χ2v) is 3.61. The molecule has 82 valence electrons. The Morgan fingerprint density at radius 3 is 1.76 bits per heavy atom. The molecule has 0 N–H and O–H groups in total. The number of ketones is 1. The number of hydrogen-bond donors (Lipinski definition) is 0. The van der Waals surface area contributed by atoms with Crippen molar-refractivity contribution in [2.45, 2.75) is 0 Å². The van der Waals surface area contributed by atoms with E-state index in [2.05, 4.69) is 12.3 Å². The number of benzene rings is 2. The maximum absolute atomic E-state index is 12.2. The molecule has 2 aromatic carbocycles. The fourth-order valence-electron chi connectivity index (χ4n) is 1.65. The van der Waals surface area contributed by atoms with Crippen LogP contribution >= 0.6 is 0 Å². The average Bonchev–Trinajstić information content (AvgIpc) is 2.42. The van der Waals surface area contributed by atoms with Crippen LogP contribution in [0.4, 0.5) is 0 Å². The number of rotatable bonds is 3. The Morgan fingerprint density at radius 2 is 1.29 bits per heavy atom. The average molecular weight is 220 g/mol. The lowest BCUT2D eigenvalue weighted by atomic mass is 9.98. The Morgan fingerprint density at radius 1 is 0.824 bits per heavy atom. The van der Waals surface area contributed by atoms with Crippen molar-refractivity contribution in [2.24, 2.45) is 0 Å². The highest BCUT2D eigenvalue weighted by molar-refractivity contribution is 6.28. The summed E-state index contributed by atoms with van der Waals surface area (Å²) in [6.07, 6.45) is 0. The predicted molar refractivity (Wildman–Crippen MR) is 69.8 cm³/mol. The van der Waals surface area contributed by atoms with E-state index < -0.39 is 0 Å². The molecule has 2 aromatic rings. The quantitative estimate of drug-likeness (QED) is 0.437. The van der Waals surface area contributed by atoms with Crippen LogP contribution in [0.2, 0.25) is 0 Å². The van der Waals surface area contributed by atoms with Gasteiger partial charge in [-0.3, -0.25) is 4.79 Å². The number of Topliss-reactive ketones (excluding diaryl/α,β-unsaturated/α-hetero) is 1. The zero-order chi connectivity index (χ0) is 12.1. The summed E-state index contributed by atoms with van der Waals surface area (Å²) < 4.78 is 0. The lowest BCUT2D eigenvalue weighted by Gasteiger charge is -2.04. The summed E-state index contributed by atoms with van der Waals surface area (Å²) in [5.74, 6) is -0.0493. The molecule has 0 aliphatic carbocycles. The van der Waals surface area contributed by atoms with Crippen molar-refractivity contribution in [3.63, 3.8) is 0 Å². The van der Waals surface area contributed by atoms with E-state index in [0.717, 1.165) is 5.56 Å². The monoisotopic (exact) mass is 220 g/mol. The molecule has 0 spiro atoms. The lowest BCUT2D eigenvalue weighted by Crippen LogP contribution is -2.01. The van der Waals surface area contributed by atoms with Crippen LogP contribution < -0.4 is 0 Å². The predicted octanol–water partition coefficient (Wildman–Crippen LogP) is 3.74. The largest absolute Gasteiger partial charge is 0.288 e. The van der Waals surface area contributed by atoms with Gasteiger partial charge in [0.1, 0.15) is 0 Å². The van der Waals surface area contributed by atoms with Gasteiger partial charge in [-0.15, -0.1) is 5.73 Å². The van der Waals surface area contributed by atoms with Crippen molar-refractivity contribution in [3.05, 3.63) is 84.1 Å². The highest BCUT2D eigenvalue weighted by atomic mass is 16.1. The summed E-state index contributed by atoms with van der Waals surface area (Å²) in [4.78, 5) is 12.2. The Hall–Kier alpha value is -2.37. The summed E-state index contributed by atoms with van der Waals surface area (Å²) in [5, 5.41) is 0. The third-order valence-electron chi connectivity index (χ3n) is 2.50. The van der Waals surface area contributed by atoms with Crippen molar-refractivity contribution in [1.29, 1.82) is 0 Å². The van der Waals surface area contributed by atoms with Crippen molar-refractivity contribution in [2.75, 3.05) is 0 Å². The van der Waals surface area contributed by atoms with Gasteiger partial charge in [0.25, 0.3) is 0 Å². The summed E-state index contributed by atoms with van der Waals surface area (Å²) in [5.41, 5.74) is 4.74. The molecule has 2 rings (SSSR count). The Balaban J connectivity index is 2.40. The van der Waals surface area contributed by atoms with Crippen LogP contribution in [-0.2, 0) is 0 Å². The molecule has 1 heteroatoms. The van der Waals surface area contributed by atoms with E-state index in [4.69, 9.17) is 0 Å². The van der Waals surface area contributed by atoms with Gasteiger partial charge in [0, 0.05) is 5.56 Å². The van der Waals surface area contributed by atoms with Crippen LogP contribution in [0.3, 0.4) is 0 Å².